The molecule has 1 aromatic heterocycles. The summed E-state index contributed by atoms with van der Waals surface area (Å²) in [7, 11) is 1.82. The maximum Gasteiger partial charge on any atom is 0.336 e. The van der Waals surface area contributed by atoms with Crippen LogP contribution in [-0.4, -0.2) is 29.6 Å². The van der Waals surface area contributed by atoms with E-state index in [1.807, 2.05) is 24.1 Å². The number of nitrogens with zero attached hydrogens (tertiary/aromatic N) is 1. The van der Waals surface area contributed by atoms with E-state index >= 15 is 0 Å². The molecule has 0 spiro atoms. The lowest BCUT2D eigenvalue weighted by atomic mass is 10.1. The first-order valence-electron chi connectivity index (χ1n) is 6.08. The third kappa shape index (κ3) is 3.68. The molecule has 0 aliphatic rings. The molecular formula is C14H14BrNO4. The molecule has 106 valence electrons. The average Bonchev–Trinajstić information content (AvgIpc) is 2.35. The summed E-state index contributed by atoms with van der Waals surface area (Å²) in [4.78, 5) is 24.0. The Labute approximate surface area is 123 Å². The number of hydrogen-bond acceptors (Lipinski definition) is 4. The minimum Gasteiger partial charge on any atom is -0.481 e. The van der Waals surface area contributed by atoms with Crippen LogP contribution in [0.4, 0.5) is 0 Å². The number of fused-ring (bicyclic) bond motifs is 1. The van der Waals surface area contributed by atoms with E-state index in [1.165, 1.54) is 6.07 Å². The number of rotatable bonds is 5. The van der Waals surface area contributed by atoms with Crippen molar-refractivity contribution in [2.24, 2.45) is 0 Å². The molecule has 0 radical (unpaired) electrons. The Kier molecular flexibility index (Phi) is 4.57. The van der Waals surface area contributed by atoms with Gasteiger partial charge in [-0.2, -0.15) is 0 Å². The summed E-state index contributed by atoms with van der Waals surface area (Å²) in [5.74, 6) is -0.835. The molecule has 2 aromatic rings. The van der Waals surface area contributed by atoms with Crippen LogP contribution in [0.25, 0.3) is 11.0 Å². The van der Waals surface area contributed by atoms with Crippen molar-refractivity contribution in [2.75, 3.05) is 13.6 Å². The van der Waals surface area contributed by atoms with Gasteiger partial charge in [0.2, 0.25) is 0 Å². The molecule has 20 heavy (non-hydrogen) atoms. The van der Waals surface area contributed by atoms with Crippen molar-refractivity contribution < 1.29 is 14.3 Å². The van der Waals surface area contributed by atoms with Gasteiger partial charge in [-0.25, -0.2) is 4.79 Å². The molecule has 0 aliphatic heterocycles. The zero-order valence-electron chi connectivity index (χ0n) is 10.9. The summed E-state index contributed by atoms with van der Waals surface area (Å²) in [5, 5.41) is 9.53. The van der Waals surface area contributed by atoms with E-state index in [0.29, 0.717) is 18.7 Å². The van der Waals surface area contributed by atoms with Crippen LogP contribution < -0.4 is 5.63 Å². The fourth-order valence-corrected chi connectivity index (χ4v) is 2.33. The summed E-state index contributed by atoms with van der Waals surface area (Å²) < 4.78 is 6.00. The van der Waals surface area contributed by atoms with E-state index in [9.17, 15) is 9.59 Å². The van der Waals surface area contributed by atoms with E-state index < -0.39 is 11.6 Å². The largest absolute Gasteiger partial charge is 0.481 e. The molecule has 0 saturated heterocycles. The first kappa shape index (κ1) is 14.7. The van der Waals surface area contributed by atoms with Crippen molar-refractivity contribution in [1.82, 2.24) is 4.90 Å². The molecule has 0 amide bonds. The molecule has 0 saturated carbocycles. The minimum absolute atomic E-state index is 0.0709. The van der Waals surface area contributed by atoms with Gasteiger partial charge in [-0.05, 0) is 30.8 Å². The van der Waals surface area contributed by atoms with E-state index in [2.05, 4.69) is 15.9 Å². The van der Waals surface area contributed by atoms with Gasteiger partial charge in [0.1, 0.15) is 5.58 Å². The molecule has 0 unspecified atom stereocenters. The first-order chi connectivity index (χ1) is 9.45. The highest BCUT2D eigenvalue weighted by Crippen LogP contribution is 2.22. The number of aliphatic carboxylic acids is 1. The Balaban J connectivity index is 2.29. The second-order valence-electron chi connectivity index (χ2n) is 4.61. The lowest BCUT2D eigenvalue weighted by Crippen LogP contribution is -2.22. The Bertz CT molecular complexity index is 695. The molecule has 6 heteroatoms. The second-order valence-corrected chi connectivity index (χ2v) is 5.53. The van der Waals surface area contributed by atoms with Crippen molar-refractivity contribution in [3.8, 4) is 0 Å². The van der Waals surface area contributed by atoms with Crippen LogP contribution in [0, 0.1) is 0 Å². The van der Waals surface area contributed by atoms with Gasteiger partial charge in [-0.1, -0.05) is 15.9 Å². The predicted octanol–water partition coefficient (Wildman–Crippen LogP) is 2.46. The average molecular weight is 340 g/mol. The molecule has 2 rings (SSSR count). The number of carboxylic acid groups (broad SMARTS) is 1. The van der Waals surface area contributed by atoms with Gasteiger partial charge in [0.05, 0.1) is 6.42 Å². The molecule has 1 N–H and O–H groups in total. The third-order valence-electron chi connectivity index (χ3n) is 2.94. The van der Waals surface area contributed by atoms with Crippen molar-refractivity contribution >= 4 is 32.9 Å². The van der Waals surface area contributed by atoms with Gasteiger partial charge in [0.25, 0.3) is 0 Å². The summed E-state index contributed by atoms with van der Waals surface area (Å²) in [5.41, 5.74) is 0.947. The number of carbonyl (C=O) groups is 1. The van der Waals surface area contributed by atoms with Crippen molar-refractivity contribution in [3.63, 3.8) is 0 Å². The van der Waals surface area contributed by atoms with Crippen LogP contribution in [0.5, 0.6) is 0 Å². The standard InChI is InChI=1S/C14H14BrNO4/c1-16(5-4-13(17)18)8-9-6-14(19)20-12-7-10(15)2-3-11(9)12/h2-3,6-7H,4-5,8H2,1H3,(H,17,18). The maximum absolute atomic E-state index is 11.6. The molecule has 0 bridgehead atoms. The van der Waals surface area contributed by atoms with Crippen LogP contribution in [0.3, 0.4) is 0 Å². The van der Waals surface area contributed by atoms with Crippen molar-refractivity contribution in [3.05, 3.63) is 44.7 Å². The lowest BCUT2D eigenvalue weighted by Gasteiger charge is -2.16. The van der Waals surface area contributed by atoms with Crippen molar-refractivity contribution in [2.45, 2.75) is 13.0 Å². The van der Waals surface area contributed by atoms with E-state index in [0.717, 1.165) is 15.4 Å². The highest BCUT2D eigenvalue weighted by atomic mass is 79.9. The van der Waals surface area contributed by atoms with Crippen LogP contribution >= 0.6 is 15.9 Å². The summed E-state index contributed by atoms with van der Waals surface area (Å²) in [6, 6.07) is 6.96. The zero-order chi connectivity index (χ0) is 14.7. The highest BCUT2D eigenvalue weighted by molar-refractivity contribution is 9.10. The summed E-state index contributed by atoms with van der Waals surface area (Å²) in [6.45, 7) is 0.921. The number of hydrogen-bond donors (Lipinski definition) is 1. The third-order valence-corrected chi connectivity index (χ3v) is 3.43. The van der Waals surface area contributed by atoms with Gasteiger partial charge < -0.3 is 14.4 Å². The SMILES string of the molecule is CN(CCC(=O)O)Cc1cc(=O)oc2cc(Br)ccc12. The number of halogens is 1. The molecular weight excluding hydrogens is 326 g/mol. The highest BCUT2D eigenvalue weighted by Gasteiger charge is 2.09. The Morgan fingerprint density at radius 3 is 2.85 bits per heavy atom. The lowest BCUT2D eigenvalue weighted by molar-refractivity contribution is -0.137. The van der Waals surface area contributed by atoms with E-state index in [1.54, 1.807) is 6.07 Å². The predicted molar refractivity (Wildman–Crippen MR) is 78.8 cm³/mol. The molecule has 1 aromatic carbocycles. The molecule has 0 atom stereocenters. The van der Waals surface area contributed by atoms with Gasteiger partial charge >= 0.3 is 11.6 Å². The summed E-state index contributed by atoms with van der Waals surface area (Å²) >= 11 is 3.34. The minimum atomic E-state index is -0.835. The van der Waals surface area contributed by atoms with Gasteiger partial charge in [-0.15, -0.1) is 0 Å². The van der Waals surface area contributed by atoms with Gasteiger partial charge in [0.15, 0.2) is 0 Å². The molecule has 0 fully saturated rings. The Morgan fingerprint density at radius 2 is 2.15 bits per heavy atom. The van der Waals surface area contributed by atoms with Crippen LogP contribution in [0.1, 0.15) is 12.0 Å². The van der Waals surface area contributed by atoms with E-state index in [4.69, 9.17) is 9.52 Å². The summed E-state index contributed by atoms with van der Waals surface area (Å²) in [6.07, 6.45) is 0.0709. The first-order valence-corrected chi connectivity index (χ1v) is 6.87. The van der Waals surface area contributed by atoms with Crippen LogP contribution in [0.2, 0.25) is 0 Å². The normalized spacial score (nSPS) is 11.2. The smallest absolute Gasteiger partial charge is 0.336 e. The Morgan fingerprint density at radius 1 is 1.40 bits per heavy atom. The topological polar surface area (TPSA) is 70.8 Å². The fourth-order valence-electron chi connectivity index (χ4n) is 1.99. The van der Waals surface area contributed by atoms with Crippen molar-refractivity contribution in [1.29, 1.82) is 0 Å². The Hall–Kier alpha value is -1.66. The number of carboxylic acids is 1. The maximum atomic E-state index is 11.6. The number of benzene rings is 1. The zero-order valence-corrected chi connectivity index (χ0v) is 12.5. The molecule has 5 nitrogen and oxygen atoms in total. The van der Waals surface area contributed by atoms with Crippen LogP contribution in [-0.2, 0) is 11.3 Å². The quantitative estimate of drug-likeness (QED) is 0.847. The van der Waals surface area contributed by atoms with Gasteiger partial charge in [0, 0.05) is 29.0 Å². The monoisotopic (exact) mass is 339 g/mol. The second kappa shape index (κ2) is 6.19. The fraction of sp³-hybridized carbons (Fsp3) is 0.286. The van der Waals surface area contributed by atoms with Gasteiger partial charge in [-0.3, -0.25) is 4.79 Å². The molecule has 1 heterocycles. The molecule has 0 aliphatic carbocycles. The van der Waals surface area contributed by atoms with Crippen LogP contribution in [0.15, 0.2) is 37.9 Å². The van der Waals surface area contributed by atoms with E-state index in [-0.39, 0.29) is 6.42 Å².